The van der Waals surface area contributed by atoms with Crippen molar-refractivity contribution in [1.29, 1.82) is 0 Å². The summed E-state index contributed by atoms with van der Waals surface area (Å²) in [6.07, 6.45) is 0. The van der Waals surface area contributed by atoms with Gasteiger partial charge in [-0.25, -0.2) is 0 Å². The van der Waals surface area contributed by atoms with Gasteiger partial charge in [-0.15, -0.1) is 0 Å². The van der Waals surface area contributed by atoms with Gasteiger partial charge < -0.3 is 15.2 Å². The Morgan fingerprint density at radius 1 is 1.04 bits per heavy atom. The molecule has 0 radical (unpaired) electrons. The molecule has 0 bridgehead atoms. The zero-order valence-electron chi connectivity index (χ0n) is 15.0. The number of fused-ring (bicyclic) bond motifs is 1. The number of anilines is 1. The van der Waals surface area contributed by atoms with Crippen molar-refractivity contribution in [3.05, 3.63) is 63.8 Å². The van der Waals surface area contributed by atoms with Crippen LogP contribution in [-0.4, -0.2) is 36.8 Å². The molecule has 0 saturated carbocycles. The number of carbonyl (C=O) groups is 2. The van der Waals surface area contributed by atoms with E-state index in [0.29, 0.717) is 21.3 Å². The van der Waals surface area contributed by atoms with Crippen LogP contribution in [0.2, 0.25) is 10.0 Å². The molecule has 2 aromatic carbocycles. The minimum atomic E-state index is -0.258. The molecular weight excluding hydrogens is 385 g/mol. The molecule has 1 aromatic heterocycles. The number of aromatic amines is 1. The second-order valence-corrected chi connectivity index (χ2v) is 7.36. The maximum Gasteiger partial charge on any atom is 0.279 e. The summed E-state index contributed by atoms with van der Waals surface area (Å²) >= 11 is 12.1. The normalized spacial score (nSPS) is 12.1. The standard InChI is InChI=1S/C20H19Cl2N3O2/c1-12-19(13-6-3-4-9-16(13)23-12)17(26)10-25(2)11-18(27)24-20-14(21)7-5-8-15(20)22/h3-9,23H,10-11H2,1-2H3,(H,24,27)/p+1. The zero-order valence-corrected chi connectivity index (χ0v) is 16.5. The van der Waals surface area contributed by atoms with Gasteiger partial charge in [0.2, 0.25) is 5.78 Å². The van der Waals surface area contributed by atoms with Gasteiger partial charge in [-0.1, -0.05) is 47.5 Å². The maximum atomic E-state index is 12.8. The first-order chi connectivity index (χ1) is 12.9. The third-order valence-corrected chi connectivity index (χ3v) is 4.95. The fourth-order valence-electron chi connectivity index (χ4n) is 3.14. The highest BCUT2D eigenvalue weighted by Gasteiger charge is 2.21. The number of para-hydroxylation sites is 2. The summed E-state index contributed by atoms with van der Waals surface area (Å²) in [6.45, 7) is 2.20. The van der Waals surface area contributed by atoms with E-state index in [1.54, 1.807) is 25.2 Å². The fraction of sp³-hybridized carbons (Fsp3) is 0.200. The molecule has 0 saturated heterocycles. The van der Waals surface area contributed by atoms with Crippen molar-refractivity contribution >= 4 is 51.5 Å². The highest BCUT2D eigenvalue weighted by molar-refractivity contribution is 6.39. The van der Waals surface area contributed by atoms with E-state index in [-0.39, 0.29) is 24.8 Å². The van der Waals surface area contributed by atoms with Gasteiger partial charge in [0.1, 0.15) is 6.54 Å². The van der Waals surface area contributed by atoms with Crippen molar-refractivity contribution in [3.63, 3.8) is 0 Å². The average Bonchev–Trinajstić information content (AvgIpc) is 2.93. The molecule has 1 atom stereocenters. The molecule has 3 N–H and O–H groups in total. The number of rotatable bonds is 6. The van der Waals surface area contributed by atoms with E-state index in [2.05, 4.69) is 10.3 Å². The molecule has 1 heterocycles. The molecule has 0 aliphatic heterocycles. The Hall–Kier alpha value is -2.34. The number of Topliss-reactive ketones (excluding diaryl/α,β-unsaturated/α-hetero) is 1. The number of hydrogen-bond acceptors (Lipinski definition) is 2. The number of aromatic nitrogens is 1. The first-order valence-electron chi connectivity index (χ1n) is 8.52. The summed E-state index contributed by atoms with van der Waals surface area (Å²) in [5, 5.41) is 4.37. The number of carbonyl (C=O) groups excluding carboxylic acids is 2. The first kappa shape index (κ1) is 19.4. The molecule has 3 aromatic rings. The summed E-state index contributed by atoms with van der Waals surface area (Å²) in [6, 6.07) is 12.7. The van der Waals surface area contributed by atoms with Crippen LogP contribution in [0.15, 0.2) is 42.5 Å². The third kappa shape index (κ3) is 4.33. The van der Waals surface area contributed by atoms with Crippen LogP contribution in [0.25, 0.3) is 10.9 Å². The van der Waals surface area contributed by atoms with Crippen molar-refractivity contribution in [2.75, 3.05) is 25.5 Å². The van der Waals surface area contributed by atoms with Crippen LogP contribution in [0.5, 0.6) is 0 Å². The van der Waals surface area contributed by atoms with Gasteiger partial charge in [0.25, 0.3) is 5.91 Å². The van der Waals surface area contributed by atoms with Crippen LogP contribution in [0, 0.1) is 6.92 Å². The Balaban J connectivity index is 1.66. The summed E-state index contributed by atoms with van der Waals surface area (Å²) in [4.78, 5) is 29.1. The average molecular weight is 405 g/mol. The van der Waals surface area contributed by atoms with Gasteiger partial charge in [-0.05, 0) is 25.1 Å². The maximum absolute atomic E-state index is 12.8. The van der Waals surface area contributed by atoms with Gasteiger partial charge in [0.15, 0.2) is 6.54 Å². The molecule has 140 valence electrons. The van der Waals surface area contributed by atoms with E-state index in [4.69, 9.17) is 23.2 Å². The number of nitrogens with one attached hydrogen (secondary N) is 3. The predicted octanol–water partition coefficient (Wildman–Crippen LogP) is 3.12. The predicted molar refractivity (Wildman–Crippen MR) is 109 cm³/mol. The van der Waals surface area contributed by atoms with Crippen molar-refractivity contribution in [3.8, 4) is 0 Å². The molecule has 0 aliphatic carbocycles. The van der Waals surface area contributed by atoms with Crippen LogP contribution in [0.4, 0.5) is 5.69 Å². The van der Waals surface area contributed by atoms with Crippen LogP contribution in [0.1, 0.15) is 16.1 Å². The zero-order chi connectivity index (χ0) is 19.6. The largest absolute Gasteiger partial charge is 0.358 e. The van der Waals surface area contributed by atoms with E-state index in [9.17, 15) is 9.59 Å². The summed E-state index contributed by atoms with van der Waals surface area (Å²) in [7, 11) is 1.80. The monoisotopic (exact) mass is 404 g/mol. The molecule has 7 heteroatoms. The van der Waals surface area contributed by atoms with Crippen LogP contribution in [0.3, 0.4) is 0 Å². The SMILES string of the molecule is Cc1[nH]c2ccccc2c1C(=O)C[NH+](C)CC(=O)Nc1c(Cl)cccc1Cl. The smallest absolute Gasteiger partial charge is 0.279 e. The van der Waals surface area contributed by atoms with E-state index in [1.165, 1.54) is 0 Å². The number of ketones is 1. The summed E-state index contributed by atoms with van der Waals surface area (Å²) < 4.78 is 0. The number of aryl methyl sites for hydroxylation is 1. The van der Waals surface area contributed by atoms with E-state index in [0.717, 1.165) is 21.5 Å². The second kappa shape index (κ2) is 8.13. The molecule has 0 aliphatic rings. The lowest BCUT2D eigenvalue weighted by Crippen LogP contribution is -3.11. The van der Waals surface area contributed by atoms with Crippen molar-refractivity contribution < 1.29 is 14.5 Å². The summed E-state index contributed by atoms with van der Waals surface area (Å²) in [5.74, 6) is -0.267. The van der Waals surface area contributed by atoms with Crippen molar-refractivity contribution in [2.45, 2.75) is 6.92 Å². The lowest BCUT2D eigenvalue weighted by Gasteiger charge is -2.14. The molecular formula is C20H20Cl2N3O2+. The highest BCUT2D eigenvalue weighted by atomic mass is 35.5. The van der Waals surface area contributed by atoms with E-state index >= 15 is 0 Å². The van der Waals surface area contributed by atoms with Crippen LogP contribution < -0.4 is 10.2 Å². The molecule has 1 amide bonds. The second-order valence-electron chi connectivity index (χ2n) is 6.55. The number of likely N-dealkylation sites (N-methyl/N-ethyl adjacent to an activating group) is 1. The van der Waals surface area contributed by atoms with Gasteiger partial charge in [-0.2, -0.15) is 0 Å². The molecule has 1 unspecified atom stereocenters. The lowest BCUT2D eigenvalue weighted by molar-refractivity contribution is -0.861. The number of halogens is 2. The van der Waals surface area contributed by atoms with Gasteiger partial charge in [-0.3, -0.25) is 9.59 Å². The minimum Gasteiger partial charge on any atom is -0.358 e. The Kier molecular flexibility index (Phi) is 5.85. The third-order valence-electron chi connectivity index (χ3n) is 4.32. The first-order valence-corrected chi connectivity index (χ1v) is 9.28. The number of quaternary nitrogens is 1. The number of amides is 1. The van der Waals surface area contributed by atoms with E-state index < -0.39 is 0 Å². The van der Waals surface area contributed by atoms with Gasteiger partial charge in [0.05, 0.1) is 28.3 Å². The molecule has 5 nitrogen and oxygen atoms in total. The fourth-order valence-corrected chi connectivity index (χ4v) is 3.63. The number of hydrogen-bond donors (Lipinski definition) is 3. The highest BCUT2D eigenvalue weighted by Crippen LogP contribution is 2.29. The van der Waals surface area contributed by atoms with Gasteiger partial charge >= 0.3 is 0 Å². The Bertz CT molecular complexity index is 993. The molecule has 0 spiro atoms. The molecule has 0 fully saturated rings. The topological polar surface area (TPSA) is 66.4 Å². The lowest BCUT2D eigenvalue weighted by atomic mass is 10.1. The Morgan fingerprint density at radius 3 is 2.41 bits per heavy atom. The Morgan fingerprint density at radius 2 is 1.70 bits per heavy atom. The minimum absolute atomic E-state index is 0.00831. The van der Waals surface area contributed by atoms with Crippen LogP contribution >= 0.6 is 23.2 Å². The number of benzene rings is 2. The molecule has 3 rings (SSSR count). The van der Waals surface area contributed by atoms with Crippen molar-refractivity contribution in [1.82, 2.24) is 4.98 Å². The van der Waals surface area contributed by atoms with E-state index in [1.807, 2.05) is 31.2 Å². The van der Waals surface area contributed by atoms with Crippen LogP contribution in [-0.2, 0) is 4.79 Å². The summed E-state index contributed by atoms with van der Waals surface area (Å²) in [5.41, 5.74) is 2.83. The number of H-pyrrole nitrogens is 1. The Labute approximate surface area is 167 Å². The van der Waals surface area contributed by atoms with Crippen molar-refractivity contribution in [2.24, 2.45) is 0 Å². The molecule has 27 heavy (non-hydrogen) atoms. The quantitative estimate of drug-likeness (QED) is 0.552. The van der Waals surface area contributed by atoms with Gasteiger partial charge in [0, 0.05) is 16.6 Å².